The zero-order valence-corrected chi connectivity index (χ0v) is 12.6. The maximum absolute atomic E-state index is 5.71. The van der Waals surface area contributed by atoms with Crippen molar-refractivity contribution in [2.45, 2.75) is 6.54 Å². The third-order valence-corrected chi connectivity index (χ3v) is 3.14. The lowest BCUT2D eigenvalue weighted by Crippen LogP contribution is -2.12. The zero-order valence-electron chi connectivity index (χ0n) is 12.6. The van der Waals surface area contributed by atoms with Crippen LogP contribution in [-0.4, -0.2) is 27.3 Å². The van der Waals surface area contributed by atoms with E-state index < -0.39 is 0 Å². The van der Waals surface area contributed by atoms with Crippen LogP contribution in [0.2, 0.25) is 0 Å². The molecule has 0 saturated carbocycles. The van der Waals surface area contributed by atoms with Gasteiger partial charge in [0.05, 0.1) is 0 Å². The van der Waals surface area contributed by atoms with Crippen LogP contribution in [0.1, 0.15) is 5.56 Å². The van der Waals surface area contributed by atoms with Crippen molar-refractivity contribution in [1.82, 2.24) is 0 Å². The van der Waals surface area contributed by atoms with Gasteiger partial charge >= 0.3 is 0 Å². The van der Waals surface area contributed by atoms with E-state index >= 15 is 0 Å². The van der Waals surface area contributed by atoms with Crippen LogP contribution in [0.25, 0.3) is 0 Å². The lowest BCUT2D eigenvalue weighted by atomic mass is 10.2. The number of benzene rings is 2. The van der Waals surface area contributed by atoms with Crippen molar-refractivity contribution in [3.05, 3.63) is 54.1 Å². The van der Waals surface area contributed by atoms with E-state index in [1.54, 1.807) is 0 Å². The Hall–Kier alpha value is -2.20. The van der Waals surface area contributed by atoms with Crippen LogP contribution in [-0.2, 0) is 6.54 Å². The first-order chi connectivity index (χ1) is 10.2. The van der Waals surface area contributed by atoms with E-state index in [4.69, 9.17) is 15.2 Å². The van der Waals surface area contributed by atoms with E-state index in [2.05, 4.69) is 0 Å². The Balaban J connectivity index is 1.83. The first-order valence-electron chi connectivity index (χ1n) is 7.01. The third kappa shape index (κ3) is 4.39. The Labute approximate surface area is 126 Å². The first kappa shape index (κ1) is 15.2. The summed E-state index contributed by atoms with van der Waals surface area (Å²) in [6.45, 7) is 1.46. The van der Waals surface area contributed by atoms with Gasteiger partial charge in [-0.25, -0.2) is 0 Å². The molecule has 0 aliphatic carbocycles. The van der Waals surface area contributed by atoms with Crippen molar-refractivity contribution in [3.63, 3.8) is 0 Å². The average molecular weight is 286 g/mol. The number of hydrogen-bond donors (Lipinski definition) is 1. The maximum atomic E-state index is 5.71. The van der Waals surface area contributed by atoms with Crippen LogP contribution < -0.4 is 20.1 Å². The van der Waals surface area contributed by atoms with Crippen molar-refractivity contribution in [1.29, 1.82) is 0 Å². The predicted molar refractivity (Wildman–Crippen MR) is 86.1 cm³/mol. The molecular weight excluding hydrogens is 264 g/mol. The van der Waals surface area contributed by atoms with Gasteiger partial charge in [-0.05, 0) is 18.2 Å². The number of anilines is 1. The number of nitrogens with two attached hydrogens (primary N) is 1. The standard InChI is InChI=1S/C17H22N2O2/c1-19(2)15-7-5-8-16(12-15)20-10-11-21-17-9-4-3-6-14(17)13-18/h3-9,12H,10-11,13,18H2,1-2H3. The Morgan fingerprint density at radius 2 is 1.71 bits per heavy atom. The van der Waals surface area contributed by atoms with Crippen molar-refractivity contribution in [2.75, 3.05) is 32.2 Å². The van der Waals surface area contributed by atoms with Gasteiger partial charge in [-0.2, -0.15) is 0 Å². The zero-order chi connectivity index (χ0) is 15.1. The molecule has 0 aliphatic rings. The highest BCUT2D eigenvalue weighted by Gasteiger charge is 2.02. The minimum atomic E-state index is 0.474. The van der Waals surface area contributed by atoms with E-state index in [9.17, 15) is 0 Å². The summed E-state index contributed by atoms with van der Waals surface area (Å²) in [6, 6.07) is 15.8. The van der Waals surface area contributed by atoms with Crippen LogP contribution in [0.4, 0.5) is 5.69 Å². The normalized spacial score (nSPS) is 10.2. The molecule has 0 radical (unpaired) electrons. The van der Waals surface area contributed by atoms with Crippen LogP contribution >= 0.6 is 0 Å². The maximum Gasteiger partial charge on any atom is 0.123 e. The van der Waals surface area contributed by atoms with Crippen LogP contribution in [0.5, 0.6) is 11.5 Å². The smallest absolute Gasteiger partial charge is 0.123 e. The van der Waals surface area contributed by atoms with Gasteiger partial charge < -0.3 is 20.1 Å². The SMILES string of the molecule is CN(C)c1cccc(OCCOc2ccccc2CN)c1. The van der Waals surface area contributed by atoms with Gasteiger partial charge in [-0.3, -0.25) is 0 Å². The van der Waals surface area contributed by atoms with Crippen molar-refractivity contribution in [2.24, 2.45) is 5.73 Å². The average Bonchev–Trinajstić information content (AvgIpc) is 2.52. The van der Waals surface area contributed by atoms with Crippen LogP contribution in [0.3, 0.4) is 0 Å². The predicted octanol–water partition coefficient (Wildman–Crippen LogP) is 2.67. The quantitative estimate of drug-likeness (QED) is 0.795. The highest BCUT2D eigenvalue weighted by molar-refractivity contribution is 5.49. The molecule has 0 amide bonds. The summed E-state index contributed by atoms with van der Waals surface area (Å²) in [5.41, 5.74) is 7.79. The van der Waals surface area contributed by atoms with Crippen LogP contribution in [0, 0.1) is 0 Å². The Morgan fingerprint density at radius 3 is 2.48 bits per heavy atom. The fourth-order valence-electron chi connectivity index (χ4n) is 1.98. The van der Waals surface area contributed by atoms with Gasteiger partial charge in [0.25, 0.3) is 0 Å². The summed E-state index contributed by atoms with van der Waals surface area (Å²) in [5, 5.41) is 0. The monoisotopic (exact) mass is 286 g/mol. The molecule has 0 atom stereocenters. The van der Waals surface area contributed by atoms with E-state index in [1.807, 2.05) is 67.5 Å². The summed E-state index contributed by atoms with van der Waals surface area (Å²) in [7, 11) is 4.01. The van der Waals surface area contributed by atoms with Crippen molar-refractivity contribution >= 4 is 5.69 Å². The fourth-order valence-corrected chi connectivity index (χ4v) is 1.98. The molecule has 0 spiro atoms. The molecule has 4 heteroatoms. The minimum Gasteiger partial charge on any atom is -0.490 e. The molecular formula is C17H22N2O2. The lowest BCUT2D eigenvalue weighted by Gasteiger charge is -2.14. The topological polar surface area (TPSA) is 47.7 Å². The third-order valence-electron chi connectivity index (χ3n) is 3.14. The molecule has 0 bridgehead atoms. The number of ether oxygens (including phenoxy) is 2. The van der Waals surface area contributed by atoms with E-state index in [0.717, 1.165) is 22.7 Å². The number of nitrogens with zero attached hydrogens (tertiary/aromatic N) is 1. The largest absolute Gasteiger partial charge is 0.490 e. The number of hydrogen-bond acceptors (Lipinski definition) is 4. The summed E-state index contributed by atoms with van der Waals surface area (Å²) < 4.78 is 11.4. The Morgan fingerprint density at radius 1 is 0.952 bits per heavy atom. The van der Waals surface area contributed by atoms with Gasteiger partial charge in [0.15, 0.2) is 0 Å². The minimum absolute atomic E-state index is 0.474. The van der Waals surface area contributed by atoms with Crippen molar-refractivity contribution < 1.29 is 9.47 Å². The molecule has 4 nitrogen and oxygen atoms in total. The lowest BCUT2D eigenvalue weighted by molar-refractivity contribution is 0.216. The summed E-state index contributed by atoms with van der Waals surface area (Å²) >= 11 is 0. The summed E-state index contributed by atoms with van der Waals surface area (Å²) in [6.07, 6.45) is 0. The molecule has 2 rings (SSSR count). The van der Waals surface area contributed by atoms with Gasteiger partial charge in [0.1, 0.15) is 24.7 Å². The summed E-state index contributed by atoms with van der Waals surface area (Å²) in [5.74, 6) is 1.67. The Bertz CT molecular complexity index is 570. The number of para-hydroxylation sites is 1. The first-order valence-corrected chi connectivity index (χ1v) is 7.01. The molecule has 0 saturated heterocycles. The molecule has 21 heavy (non-hydrogen) atoms. The summed E-state index contributed by atoms with van der Waals surface area (Å²) in [4.78, 5) is 2.04. The van der Waals surface area contributed by atoms with Gasteiger partial charge in [0, 0.05) is 38.0 Å². The van der Waals surface area contributed by atoms with E-state index in [1.165, 1.54) is 0 Å². The molecule has 2 aromatic carbocycles. The highest BCUT2D eigenvalue weighted by Crippen LogP contribution is 2.20. The van der Waals surface area contributed by atoms with Crippen molar-refractivity contribution in [3.8, 4) is 11.5 Å². The highest BCUT2D eigenvalue weighted by atomic mass is 16.5. The molecule has 0 unspecified atom stereocenters. The van der Waals surface area contributed by atoms with Gasteiger partial charge in [-0.1, -0.05) is 24.3 Å². The molecule has 0 aliphatic heterocycles. The van der Waals surface area contributed by atoms with E-state index in [-0.39, 0.29) is 0 Å². The Kier molecular flexibility index (Phi) is 5.46. The molecule has 0 heterocycles. The molecule has 2 aromatic rings. The van der Waals surface area contributed by atoms with Gasteiger partial charge in [0.2, 0.25) is 0 Å². The fraction of sp³-hybridized carbons (Fsp3) is 0.294. The molecule has 0 aromatic heterocycles. The molecule has 2 N–H and O–H groups in total. The number of rotatable bonds is 7. The second kappa shape index (κ2) is 7.55. The molecule has 0 fully saturated rings. The van der Waals surface area contributed by atoms with Gasteiger partial charge in [-0.15, -0.1) is 0 Å². The molecule has 112 valence electrons. The van der Waals surface area contributed by atoms with Crippen LogP contribution in [0.15, 0.2) is 48.5 Å². The second-order valence-corrected chi connectivity index (χ2v) is 4.90. The van der Waals surface area contributed by atoms with E-state index in [0.29, 0.717) is 19.8 Å². The second-order valence-electron chi connectivity index (χ2n) is 4.90.